The number of hydrogen-bond donors (Lipinski definition) is 2. The monoisotopic (exact) mass is 535 g/mol. The van der Waals surface area contributed by atoms with E-state index in [1.807, 2.05) is 37.3 Å². The van der Waals surface area contributed by atoms with Gasteiger partial charge in [-0.05, 0) is 70.0 Å². The van der Waals surface area contributed by atoms with Crippen LogP contribution in [0, 0.1) is 12.8 Å². The second-order valence-corrected chi connectivity index (χ2v) is 12.1. The van der Waals surface area contributed by atoms with Crippen molar-refractivity contribution in [1.29, 1.82) is 0 Å². The van der Waals surface area contributed by atoms with Gasteiger partial charge in [-0.2, -0.15) is 5.10 Å². The lowest BCUT2D eigenvalue weighted by Crippen LogP contribution is -2.53. The minimum Gasteiger partial charge on any atom is -0.490 e. The number of carbonyl (C=O) groups excluding carboxylic acids is 1. The fourth-order valence-corrected chi connectivity index (χ4v) is 5.43. The van der Waals surface area contributed by atoms with Gasteiger partial charge in [-0.25, -0.2) is 9.97 Å². The molecular formula is C28H37N7O2S. The van der Waals surface area contributed by atoms with Crippen LogP contribution in [0.2, 0.25) is 0 Å². The summed E-state index contributed by atoms with van der Waals surface area (Å²) in [5, 5.41) is 11.2. The molecule has 0 atom stereocenters. The highest BCUT2D eigenvalue weighted by molar-refractivity contribution is 7.99. The molecule has 0 bridgehead atoms. The molecule has 2 fully saturated rings. The molecule has 2 aliphatic rings. The van der Waals surface area contributed by atoms with Crippen molar-refractivity contribution in [2.45, 2.75) is 62.5 Å². The predicted octanol–water partition coefficient (Wildman–Crippen LogP) is 4.85. The van der Waals surface area contributed by atoms with E-state index < -0.39 is 0 Å². The summed E-state index contributed by atoms with van der Waals surface area (Å²) in [6.45, 7) is 12.3. The van der Waals surface area contributed by atoms with Gasteiger partial charge >= 0.3 is 0 Å². The zero-order valence-corrected chi connectivity index (χ0v) is 23.7. The van der Waals surface area contributed by atoms with Crippen LogP contribution in [0.3, 0.4) is 0 Å². The summed E-state index contributed by atoms with van der Waals surface area (Å²) in [6, 6.07) is 10.1. The lowest BCUT2D eigenvalue weighted by atomic mass is 10.0. The van der Waals surface area contributed by atoms with Gasteiger partial charge in [0, 0.05) is 60.7 Å². The van der Waals surface area contributed by atoms with Crippen molar-refractivity contribution < 1.29 is 9.53 Å². The Bertz CT molecular complexity index is 1270. The number of ketones is 1. The molecule has 38 heavy (non-hydrogen) atoms. The summed E-state index contributed by atoms with van der Waals surface area (Å²) in [7, 11) is 1.66. The SMILES string of the molecule is COc1c(Nc2cc(C)[nH]n2)nc(Sc2ccc(CC(=O)C3CC3)cc2)nc1N1CCN(C(C)(C)C)CC1. The van der Waals surface area contributed by atoms with Crippen molar-refractivity contribution in [2.24, 2.45) is 5.92 Å². The fourth-order valence-electron chi connectivity index (χ4n) is 4.68. The van der Waals surface area contributed by atoms with Crippen molar-refractivity contribution in [2.75, 3.05) is 43.5 Å². The Morgan fingerprint density at radius 1 is 1.13 bits per heavy atom. The third kappa shape index (κ3) is 6.30. The second-order valence-electron chi connectivity index (χ2n) is 11.1. The molecular weight excluding hydrogens is 498 g/mol. The van der Waals surface area contributed by atoms with E-state index in [4.69, 9.17) is 14.7 Å². The largest absolute Gasteiger partial charge is 0.490 e. The maximum atomic E-state index is 12.2. The topological polar surface area (TPSA) is 99.3 Å². The number of Topliss-reactive ketones (excluding diaryl/α,β-unsaturated/α-hetero) is 1. The molecule has 9 nitrogen and oxygen atoms in total. The summed E-state index contributed by atoms with van der Waals surface area (Å²) in [5.74, 6) is 3.27. The first kappa shape index (κ1) is 26.5. The highest BCUT2D eigenvalue weighted by Crippen LogP contribution is 2.39. The van der Waals surface area contributed by atoms with E-state index in [1.165, 1.54) is 11.8 Å². The van der Waals surface area contributed by atoms with Crippen LogP contribution in [-0.2, 0) is 11.2 Å². The average Bonchev–Trinajstić information content (AvgIpc) is 3.67. The van der Waals surface area contributed by atoms with Crippen molar-refractivity contribution in [3.05, 3.63) is 41.6 Å². The van der Waals surface area contributed by atoms with E-state index >= 15 is 0 Å². The number of aryl methyl sites for hydroxylation is 1. The van der Waals surface area contributed by atoms with Crippen molar-refractivity contribution in [3.8, 4) is 5.75 Å². The van der Waals surface area contributed by atoms with Gasteiger partial charge in [0.1, 0.15) is 5.78 Å². The van der Waals surface area contributed by atoms with E-state index in [9.17, 15) is 4.79 Å². The van der Waals surface area contributed by atoms with Gasteiger partial charge in [0.15, 0.2) is 22.6 Å². The molecule has 0 spiro atoms. The quantitative estimate of drug-likeness (QED) is 0.372. The predicted molar refractivity (Wildman–Crippen MR) is 151 cm³/mol. The molecule has 3 aromatic rings. The fraction of sp³-hybridized carbons (Fsp3) is 0.500. The molecule has 0 radical (unpaired) electrons. The standard InChI is InChI=1S/C28H37N7O2S/c1-18-16-23(33-32-18)29-25-24(37-5)26(34-12-14-35(15-13-34)28(2,3)4)31-27(30-25)38-21-10-6-19(7-11-21)17-22(36)20-8-9-20/h6-7,10-11,16,20H,8-9,12-15,17H2,1-5H3,(H2,29,30,31,32,33). The third-order valence-electron chi connectivity index (χ3n) is 7.06. The Balaban J connectivity index is 1.41. The van der Waals surface area contributed by atoms with Crippen LogP contribution in [0.1, 0.15) is 44.9 Å². The number of benzene rings is 1. The van der Waals surface area contributed by atoms with Crippen molar-refractivity contribution in [3.63, 3.8) is 0 Å². The van der Waals surface area contributed by atoms with Crippen LogP contribution >= 0.6 is 11.8 Å². The van der Waals surface area contributed by atoms with Gasteiger partial charge < -0.3 is 15.0 Å². The number of nitrogens with zero attached hydrogens (tertiary/aromatic N) is 5. The van der Waals surface area contributed by atoms with Gasteiger partial charge in [-0.3, -0.25) is 14.8 Å². The minimum atomic E-state index is 0.128. The summed E-state index contributed by atoms with van der Waals surface area (Å²) in [4.78, 5) is 27.8. The highest BCUT2D eigenvalue weighted by atomic mass is 32.2. The Morgan fingerprint density at radius 3 is 2.42 bits per heavy atom. The molecule has 1 saturated heterocycles. The molecule has 0 amide bonds. The average molecular weight is 536 g/mol. The van der Waals surface area contributed by atoms with Gasteiger partial charge in [-0.15, -0.1) is 0 Å². The first-order valence-corrected chi connectivity index (χ1v) is 14.1. The summed E-state index contributed by atoms with van der Waals surface area (Å²) in [6.07, 6.45) is 2.60. The molecule has 1 aliphatic carbocycles. The smallest absolute Gasteiger partial charge is 0.204 e. The molecule has 10 heteroatoms. The van der Waals surface area contributed by atoms with E-state index in [0.717, 1.165) is 61.0 Å². The summed E-state index contributed by atoms with van der Waals surface area (Å²) >= 11 is 1.50. The number of rotatable bonds is 9. The van der Waals surface area contributed by atoms with Crippen molar-refractivity contribution in [1.82, 2.24) is 25.1 Å². The molecule has 1 saturated carbocycles. The number of ether oxygens (including phenoxy) is 1. The van der Waals surface area contributed by atoms with Gasteiger partial charge in [0.2, 0.25) is 5.75 Å². The number of piperazine rings is 1. The molecule has 5 rings (SSSR count). The first-order chi connectivity index (χ1) is 18.2. The van der Waals surface area contributed by atoms with E-state index in [1.54, 1.807) is 7.11 Å². The van der Waals surface area contributed by atoms with Gasteiger partial charge in [0.25, 0.3) is 0 Å². The number of hydrogen-bond acceptors (Lipinski definition) is 9. The molecule has 2 N–H and O–H groups in total. The first-order valence-electron chi connectivity index (χ1n) is 13.2. The molecule has 2 aromatic heterocycles. The molecule has 1 aromatic carbocycles. The zero-order chi connectivity index (χ0) is 26.9. The number of nitrogens with one attached hydrogen (secondary N) is 2. The van der Waals surface area contributed by atoms with Crippen LogP contribution < -0.4 is 15.0 Å². The van der Waals surface area contributed by atoms with Crippen LogP contribution in [0.5, 0.6) is 5.75 Å². The Labute approximate surface area is 228 Å². The molecule has 3 heterocycles. The Hall–Kier alpha value is -3.11. The molecule has 202 valence electrons. The van der Waals surface area contributed by atoms with Crippen LogP contribution in [0.15, 0.2) is 40.4 Å². The van der Waals surface area contributed by atoms with E-state index in [-0.39, 0.29) is 11.5 Å². The number of aromatic nitrogens is 4. The minimum absolute atomic E-state index is 0.128. The van der Waals surface area contributed by atoms with Crippen LogP contribution in [0.25, 0.3) is 0 Å². The number of carbonyl (C=O) groups is 1. The lowest BCUT2D eigenvalue weighted by molar-refractivity contribution is -0.119. The zero-order valence-electron chi connectivity index (χ0n) is 22.9. The number of anilines is 3. The second kappa shape index (κ2) is 10.9. The van der Waals surface area contributed by atoms with Crippen LogP contribution in [-0.4, -0.2) is 69.7 Å². The van der Waals surface area contributed by atoms with E-state index in [2.05, 4.69) is 46.1 Å². The number of aromatic amines is 1. The third-order valence-corrected chi connectivity index (χ3v) is 7.93. The van der Waals surface area contributed by atoms with Crippen LogP contribution in [0.4, 0.5) is 17.5 Å². The van der Waals surface area contributed by atoms with Gasteiger partial charge in [-0.1, -0.05) is 12.1 Å². The van der Waals surface area contributed by atoms with Gasteiger partial charge in [0.05, 0.1) is 7.11 Å². The summed E-state index contributed by atoms with van der Waals surface area (Å²) in [5.41, 5.74) is 2.13. The maximum Gasteiger partial charge on any atom is 0.204 e. The number of H-pyrrole nitrogens is 1. The highest BCUT2D eigenvalue weighted by Gasteiger charge is 2.30. The molecule has 1 aliphatic heterocycles. The Morgan fingerprint density at radius 2 is 1.84 bits per heavy atom. The number of methoxy groups -OCH3 is 1. The van der Waals surface area contributed by atoms with Crippen molar-refractivity contribution >= 4 is 35.0 Å². The Kier molecular flexibility index (Phi) is 7.63. The lowest BCUT2D eigenvalue weighted by Gasteiger charge is -2.42. The van der Waals surface area contributed by atoms with E-state index in [0.29, 0.717) is 34.7 Å². The maximum absolute atomic E-state index is 12.2. The molecule has 0 unspecified atom stereocenters. The summed E-state index contributed by atoms with van der Waals surface area (Å²) < 4.78 is 5.86. The normalized spacial score (nSPS) is 16.5.